The summed E-state index contributed by atoms with van der Waals surface area (Å²) in [4.78, 5) is 0. The van der Waals surface area contributed by atoms with E-state index in [9.17, 15) is 0 Å². The number of likely N-dealkylation sites (N-methyl/N-ethyl adjacent to an activating group) is 1. The molecule has 0 radical (unpaired) electrons. The van der Waals surface area contributed by atoms with Crippen molar-refractivity contribution in [3.63, 3.8) is 0 Å². The maximum Gasteiger partial charge on any atom is 0.0662 e. The van der Waals surface area contributed by atoms with Crippen LogP contribution in [0.25, 0.3) is 0 Å². The van der Waals surface area contributed by atoms with E-state index in [4.69, 9.17) is 0 Å². The third-order valence-electron chi connectivity index (χ3n) is 3.49. The van der Waals surface area contributed by atoms with E-state index in [1.54, 1.807) is 0 Å². The predicted octanol–water partition coefficient (Wildman–Crippen LogP) is 2.87. The Morgan fingerprint density at radius 1 is 1.21 bits per heavy atom. The van der Waals surface area contributed by atoms with Gasteiger partial charge in [0.05, 0.1) is 12.2 Å². The van der Waals surface area contributed by atoms with Gasteiger partial charge in [0.25, 0.3) is 0 Å². The largest absolute Gasteiger partial charge is 0.319 e. The molecule has 1 heterocycles. The highest BCUT2D eigenvalue weighted by molar-refractivity contribution is 5.26. The second-order valence-corrected chi connectivity index (χ2v) is 5.29. The van der Waals surface area contributed by atoms with Crippen LogP contribution in [-0.2, 0) is 6.54 Å². The molecule has 0 aliphatic rings. The van der Waals surface area contributed by atoms with Crippen molar-refractivity contribution in [3.8, 4) is 0 Å². The highest BCUT2D eigenvalue weighted by Crippen LogP contribution is 2.16. The Labute approximate surface area is 115 Å². The molecule has 0 fully saturated rings. The lowest BCUT2D eigenvalue weighted by Gasteiger charge is -2.12. The molecule has 1 atom stereocenters. The second kappa shape index (κ2) is 6.02. The van der Waals surface area contributed by atoms with Gasteiger partial charge in [-0.3, -0.25) is 4.68 Å². The first-order valence-electron chi connectivity index (χ1n) is 6.84. The summed E-state index contributed by atoms with van der Waals surface area (Å²) in [6.45, 7) is 8.24. The molecule has 0 amide bonds. The summed E-state index contributed by atoms with van der Waals surface area (Å²) >= 11 is 0. The summed E-state index contributed by atoms with van der Waals surface area (Å²) in [7, 11) is 1.99. The van der Waals surface area contributed by atoms with Gasteiger partial charge in [-0.2, -0.15) is 5.10 Å². The normalized spacial score (nSPS) is 12.6. The van der Waals surface area contributed by atoms with Gasteiger partial charge in [0.1, 0.15) is 0 Å². The molecular weight excluding hydrogens is 234 g/mol. The topological polar surface area (TPSA) is 29.9 Å². The van der Waals surface area contributed by atoms with Crippen molar-refractivity contribution in [2.75, 3.05) is 13.6 Å². The van der Waals surface area contributed by atoms with E-state index in [0.717, 1.165) is 18.8 Å². The van der Waals surface area contributed by atoms with Crippen molar-refractivity contribution in [1.29, 1.82) is 0 Å². The van der Waals surface area contributed by atoms with E-state index in [1.165, 1.54) is 16.8 Å². The Kier molecular flexibility index (Phi) is 4.38. The van der Waals surface area contributed by atoms with E-state index in [2.05, 4.69) is 59.3 Å². The molecule has 3 heteroatoms. The number of hydrogen-bond acceptors (Lipinski definition) is 2. The second-order valence-electron chi connectivity index (χ2n) is 5.29. The lowest BCUT2D eigenvalue weighted by molar-refractivity contribution is 0.656. The average Bonchev–Trinajstić information content (AvgIpc) is 2.69. The van der Waals surface area contributed by atoms with Crippen molar-refractivity contribution in [2.45, 2.75) is 33.2 Å². The number of hydrogen-bond donors (Lipinski definition) is 1. The SMILES string of the molecule is CNCC(C)c1ccc(Cn2nc(C)cc2C)cc1. The fourth-order valence-electron chi connectivity index (χ4n) is 2.38. The van der Waals surface area contributed by atoms with Crippen molar-refractivity contribution < 1.29 is 0 Å². The van der Waals surface area contributed by atoms with Gasteiger partial charge >= 0.3 is 0 Å². The van der Waals surface area contributed by atoms with Gasteiger partial charge in [0, 0.05) is 12.2 Å². The van der Waals surface area contributed by atoms with Gasteiger partial charge in [-0.1, -0.05) is 31.2 Å². The molecule has 0 spiro atoms. The fraction of sp³-hybridized carbons (Fsp3) is 0.438. The molecule has 2 aromatic rings. The molecule has 0 aliphatic heterocycles. The first kappa shape index (κ1) is 13.8. The highest BCUT2D eigenvalue weighted by Gasteiger charge is 2.05. The van der Waals surface area contributed by atoms with Gasteiger partial charge in [-0.15, -0.1) is 0 Å². The monoisotopic (exact) mass is 257 g/mol. The minimum absolute atomic E-state index is 0.549. The molecular formula is C16H23N3. The molecule has 102 valence electrons. The molecule has 0 saturated carbocycles. The Hall–Kier alpha value is -1.61. The fourth-order valence-corrected chi connectivity index (χ4v) is 2.38. The summed E-state index contributed by atoms with van der Waals surface area (Å²) < 4.78 is 2.06. The van der Waals surface area contributed by atoms with E-state index in [1.807, 2.05) is 14.0 Å². The maximum absolute atomic E-state index is 4.50. The summed E-state index contributed by atoms with van der Waals surface area (Å²) in [5, 5.41) is 7.72. The molecule has 1 N–H and O–H groups in total. The molecule has 0 saturated heterocycles. The summed E-state index contributed by atoms with van der Waals surface area (Å²) in [5.41, 5.74) is 4.97. The molecule has 1 aromatic heterocycles. The molecule has 19 heavy (non-hydrogen) atoms. The molecule has 1 unspecified atom stereocenters. The maximum atomic E-state index is 4.50. The lowest BCUT2D eigenvalue weighted by Crippen LogP contribution is -2.14. The van der Waals surface area contributed by atoms with Crippen LogP contribution in [0.15, 0.2) is 30.3 Å². The Morgan fingerprint density at radius 3 is 2.42 bits per heavy atom. The number of aromatic nitrogens is 2. The van der Waals surface area contributed by atoms with E-state index in [-0.39, 0.29) is 0 Å². The molecule has 0 aliphatic carbocycles. The van der Waals surface area contributed by atoms with Gasteiger partial charge in [0.15, 0.2) is 0 Å². The number of aryl methyl sites for hydroxylation is 2. The van der Waals surface area contributed by atoms with Crippen LogP contribution in [0.2, 0.25) is 0 Å². The van der Waals surface area contributed by atoms with Crippen molar-refractivity contribution in [1.82, 2.24) is 15.1 Å². The quantitative estimate of drug-likeness (QED) is 0.892. The van der Waals surface area contributed by atoms with Crippen LogP contribution >= 0.6 is 0 Å². The van der Waals surface area contributed by atoms with Crippen LogP contribution in [0.4, 0.5) is 0 Å². The van der Waals surface area contributed by atoms with Gasteiger partial charge in [-0.25, -0.2) is 0 Å². The molecule has 2 rings (SSSR count). The Balaban J connectivity index is 2.08. The van der Waals surface area contributed by atoms with Gasteiger partial charge in [-0.05, 0) is 44.0 Å². The van der Waals surface area contributed by atoms with E-state index >= 15 is 0 Å². The van der Waals surface area contributed by atoms with Gasteiger partial charge < -0.3 is 5.32 Å². The Bertz CT molecular complexity index is 525. The summed E-state index contributed by atoms with van der Waals surface area (Å²) in [6, 6.07) is 11.0. The summed E-state index contributed by atoms with van der Waals surface area (Å²) in [6.07, 6.45) is 0. The van der Waals surface area contributed by atoms with Crippen LogP contribution in [0.1, 0.15) is 35.4 Å². The van der Waals surface area contributed by atoms with Crippen molar-refractivity contribution in [3.05, 3.63) is 52.8 Å². The highest BCUT2D eigenvalue weighted by atomic mass is 15.3. The van der Waals surface area contributed by atoms with E-state index < -0.39 is 0 Å². The first-order chi connectivity index (χ1) is 9.10. The summed E-state index contributed by atoms with van der Waals surface area (Å²) in [5.74, 6) is 0.549. The molecule has 1 aromatic carbocycles. The van der Waals surface area contributed by atoms with Crippen LogP contribution < -0.4 is 5.32 Å². The zero-order valence-corrected chi connectivity index (χ0v) is 12.3. The molecule has 3 nitrogen and oxygen atoms in total. The number of nitrogens with one attached hydrogen (secondary N) is 1. The van der Waals surface area contributed by atoms with Gasteiger partial charge in [0.2, 0.25) is 0 Å². The molecule has 0 bridgehead atoms. The van der Waals surface area contributed by atoms with Crippen LogP contribution in [0.5, 0.6) is 0 Å². The Morgan fingerprint density at radius 2 is 1.89 bits per heavy atom. The lowest BCUT2D eigenvalue weighted by atomic mass is 10.00. The standard InChI is InChI=1S/C16H23N3/c1-12(10-17-4)16-7-5-15(6-8-16)11-19-14(3)9-13(2)18-19/h5-9,12,17H,10-11H2,1-4H3. The predicted molar refractivity (Wildman–Crippen MR) is 79.6 cm³/mol. The zero-order valence-electron chi connectivity index (χ0n) is 12.3. The third-order valence-corrected chi connectivity index (χ3v) is 3.49. The number of rotatable bonds is 5. The minimum atomic E-state index is 0.549. The number of benzene rings is 1. The zero-order chi connectivity index (χ0) is 13.8. The van der Waals surface area contributed by atoms with Crippen LogP contribution in [0.3, 0.4) is 0 Å². The minimum Gasteiger partial charge on any atom is -0.319 e. The van der Waals surface area contributed by atoms with Crippen molar-refractivity contribution in [2.24, 2.45) is 0 Å². The van der Waals surface area contributed by atoms with Crippen LogP contribution in [-0.4, -0.2) is 23.4 Å². The van der Waals surface area contributed by atoms with Crippen molar-refractivity contribution >= 4 is 0 Å². The third kappa shape index (κ3) is 3.44. The number of nitrogens with zero attached hydrogens (tertiary/aromatic N) is 2. The van der Waals surface area contributed by atoms with Crippen LogP contribution in [0, 0.1) is 13.8 Å². The first-order valence-corrected chi connectivity index (χ1v) is 6.84. The van der Waals surface area contributed by atoms with E-state index in [0.29, 0.717) is 5.92 Å². The average molecular weight is 257 g/mol. The smallest absolute Gasteiger partial charge is 0.0662 e.